The Morgan fingerprint density at radius 3 is 2.59 bits per heavy atom. The number of rotatable bonds is 9. The van der Waals surface area contributed by atoms with Crippen LogP contribution in [0.5, 0.6) is 0 Å². The van der Waals surface area contributed by atoms with E-state index in [4.69, 9.17) is 9.15 Å². The molecule has 0 aliphatic heterocycles. The molecule has 2 amide bonds. The van der Waals surface area contributed by atoms with Crippen LogP contribution in [0.1, 0.15) is 51.6 Å². The van der Waals surface area contributed by atoms with Gasteiger partial charge >= 0.3 is 6.09 Å². The first kappa shape index (κ1) is 25.5. The van der Waals surface area contributed by atoms with E-state index in [-0.39, 0.29) is 18.0 Å². The lowest BCUT2D eigenvalue weighted by Crippen LogP contribution is -2.37. The Morgan fingerprint density at radius 2 is 1.91 bits per heavy atom. The van der Waals surface area contributed by atoms with Gasteiger partial charge in [0.1, 0.15) is 17.1 Å². The van der Waals surface area contributed by atoms with Gasteiger partial charge in [-0.2, -0.15) is 0 Å². The van der Waals surface area contributed by atoms with Crippen LogP contribution in [0.3, 0.4) is 0 Å². The second-order valence-corrected chi connectivity index (χ2v) is 11.0. The van der Waals surface area contributed by atoms with Crippen molar-refractivity contribution in [1.82, 2.24) is 10.0 Å². The van der Waals surface area contributed by atoms with E-state index in [1.807, 2.05) is 12.1 Å². The van der Waals surface area contributed by atoms with E-state index in [1.54, 1.807) is 32.9 Å². The summed E-state index contributed by atoms with van der Waals surface area (Å²) in [6.07, 6.45) is 3.40. The van der Waals surface area contributed by atoms with E-state index in [0.717, 1.165) is 12.2 Å². The molecule has 2 atom stereocenters. The molecule has 2 unspecified atom stereocenters. The number of anilines is 1. The second-order valence-electron chi connectivity index (χ2n) is 9.24. The molecule has 0 bridgehead atoms. The molecule has 3 N–H and O–H groups in total. The zero-order chi connectivity index (χ0) is 24.9. The molecule has 10 heteroatoms. The largest absolute Gasteiger partial charge is 0.461 e. The highest BCUT2D eigenvalue weighted by molar-refractivity contribution is 7.89. The minimum absolute atomic E-state index is 0.0132. The van der Waals surface area contributed by atoms with Crippen molar-refractivity contribution >= 4 is 33.8 Å². The first-order valence-corrected chi connectivity index (χ1v) is 12.6. The van der Waals surface area contributed by atoms with E-state index < -0.39 is 27.6 Å². The summed E-state index contributed by atoms with van der Waals surface area (Å²) in [4.78, 5) is 23.9. The fourth-order valence-corrected chi connectivity index (χ4v) is 4.28. The summed E-state index contributed by atoms with van der Waals surface area (Å²) < 4.78 is 38.3. The maximum atomic E-state index is 12.5. The third-order valence-electron chi connectivity index (χ3n) is 5.02. The molecule has 1 saturated carbocycles. The first-order valence-electron chi connectivity index (χ1n) is 11.1. The molecule has 0 saturated heterocycles. The third kappa shape index (κ3) is 7.74. The number of benzene rings is 1. The van der Waals surface area contributed by atoms with Crippen LogP contribution in [-0.4, -0.2) is 39.1 Å². The van der Waals surface area contributed by atoms with Crippen LogP contribution in [0.2, 0.25) is 0 Å². The third-order valence-corrected chi connectivity index (χ3v) is 6.48. The van der Waals surface area contributed by atoms with Crippen molar-refractivity contribution in [3.8, 4) is 0 Å². The molecule has 9 nitrogen and oxygen atoms in total. The summed E-state index contributed by atoms with van der Waals surface area (Å²) in [5, 5.41) is 5.13. The summed E-state index contributed by atoms with van der Waals surface area (Å²) in [6, 6.07) is 9.64. The normalized spacial score (nSPS) is 18.0. The van der Waals surface area contributed by atoms with E-state index >= 15 is 0 Å². The van der Waals surface area contributed by atoms with Gasteiger partial charge in [0.2, 0.25) is 15.9 Å². The molecule has 0 spiro atoms. The van der Waals surface area contributed by atoms with Crippen molar-refractivity contribution in [2.45, 2.75) is 50.5 Å². The number of sulfonamides is 1. The second kappa shape index (κ2) is 10.4. The van der Waals surface area contributed by atoms with Crippen LogP contribution in [-0.2, 0) is 19.6 Å². The number of hydrogen-bond acceptors (Lipinski definition) is 6. The van der Waals surface area contributed by atoms with Crippen molar-refractivity contribution < 1.29 is 27.2 Å². The zero-order valence-corrected chi connectivity index (χ0v) is 20.6. The maximum absolute atomic E-state index is 12.5. The average Bonchev–Trinajstić information content (AvgIpc) is 3.28. The molecular weight excluding hydrogens is 458 g/mol. The molecule has 0 radical (unpaired) electrons. The van der Waals surface area contributed by atoms with Gasteiger partial charge in [0, 0.05) is 30.8 Å². The highest BCUT2D eigenvalue weighted by atomic mass is 32.2. The predicted octanol–water partition coefficient (Wildman–Crippen LogP) is 3.86. The Labute approximate surface area is 200 Å². The quantitative estimate of drug-likeness (QED) is 0.363. The van der Waals surface area contributed by atoms with Gasteiger partial charge < -0.3 is 19.8 Å². The molecular formula is C24H31N3O6S. The van der Waals surface area contributed by atoms with Gasteiger partial charge in [-0.05, 0) is 69.5 Å². The van der Waals surface area contributed by atoms with Crippen molar-refractivity contribution in [3.63, 3.8) is 0 Å². The number of alkyl carbamates (subject to hydrolysis) is 1. The lowest BCUT2D eigenvalue weighted by molar-refractivity contribution is -0.111. The molecule has 34 heavy (non-hydrogen) atoms. The predicted molar refractivity (Wildman–Crippen MR) is 129 cm³/mol. The highest BCUT2D eigenvalue weighted by Crippen LogP contribution is 2.47. The topological polar surface area (TPSA) is 127 Å². The lowest BCUT2D eigenvalue weighted by Gasteiger charge is -2.19. The van der Waals surface area contributed by atoms with Gasteiger partial charge in [-0.25, -0.2) is 17.9 Å². The number of amides is 2. The lowest BCUT2D eigenvalue weighted by atomic mass is 10.2. The Kier molecular flexibility index (Phi) is 7.83. The van der Waals surface area contributed by atoms with Gasteiger partial charge in [0.25, 0.3) is 0 Å². The number of carbonyl (C=O) groups excluding carboxylic acids is 2. The molecule has 184 valence electrons. The standard InChI is InChI=1S/C24H31N3O6S/c1-16-14-20(16)21-10-8-18(32-21)9-11-22(28)27-17-6-5-7-19(15-17)34(30,31)26-13-12-25-23(29)33-24(2,3)4/h5-11,15-16,20,26H,12-14H2,1-4H3,(H,25,29)(H,27,28)/b11-9+. The molecule has 1 fully saturated rings. The molecule has 1 heterocycles. The minimum atomic E-state index is -3.84. The summed E-state index contributed by atoms with van der Waals surface area (Å²) in [5.41, 5.74) is -0.309. The van der Waals surface area contributed by atoms with Gasteiger partial charge in [0.05, 0.1) is 4.90 Å². The number of nitrogens with one attached hydrogen (secondary N) is 3. The summed E-state index contributed by atoms with van der Waals surface area (Å²) in [6.45, 7) is 7.41. The Bertz CT molecular complexity index is 1160. The Morgan fingerprint density at radius 1 is 1.18 bits per heavy atom. The molecule has 1 aliphatic carbocycles. The maximum Gasteiger partial charge on any atom is 0.407 e. The van der Waals surface area contributed by atoms with Crippen molar-refractivity contribution in [3.05, 3.63) is 54.0 Å². The molecule has 3 rings (SSSR count). The van der Waals surface area contributed by atoms with Crippen molar-refractivity contribution in [1.29, 1.82) is 0 Å². The molecule has 1 aliphatic rings. The van der Waals surface area contributed by atoms with E-state index in [1.165, 1.54) is 24.3 Å². The van der Waals surface area contributed by atoms with Crippen LogP contribution in [0, 0.1) is 5.92 Å². The monoisotopic (exact) mass is 489 g/mol. The highest BCUT2D eigenvalue weighted by Gasteiger charge is 2.36. The van der Waals surface area contributed by atoms with Gasteiger partial charge in [0.15, 0.2) is 0 Å². The first-order chi connectivity index (χ1) is 15.9. The molecule has 1 aromatic carbocycles. The Balaban J connectivity index is 1.50. The van der Waals surface area contributed by atoms with Crippen LogP contribution >= 0.6 is 0 Å². The smallest absolute Gasteiger partial charge is 0.407 e. The number of carbonyl (C=O) groups is 2. The number of ether oxygens (including phenoxy) is 1. The van der Waals surface area contributed by atoms with Crippen LogP contribution in [0.25, 0.3) is 6.08 Å². The van der Waals surface area contributed by atoms with Gasteiger partial charge in [-0.1, -0.05) is 13.0 Å². The van der Waals surface area contributed by atoms with E-state index in [9.17, 15) is 18.0 Å². The molecule has 1 aromatic heterocycles. The summed E-state index contributed by atoms with van der Waals surface area (Å²) in [5.74, 6) is 2.19. The van der Waals surface area contributed by atoms with Crippen LogP contribution in [0.15, 0.2) is 51.8 Å². The van der Waals surface area contributed by atoms with Crippen LogP contribution < -0.4 is 15.4 Å². The van der Waals surface area contributed by atoms with Gasteiger partial charge in [-0.15, -0.1) is 0 Å². The fraction of sp³-hybridized carbons (Fsp3) is 0.417. The van der Waals surface area contributed by atoms with Crippen molar-refractivity contribution in [2.75, 3.05) is 18.4 Å². The Hall–Kier alpha value is -3.11. The van der Waals surface area contributed by atoms with E-state index in [0.29, 0.717) is 23.3 Å². The number of hydrogen-bond donors (Lipinski definition) is 3. The van der Waals surface area contributed by atoms with Gasteiger partial charge in [-0.3, -0.25) is 4.79 Å². The fourth-order valence-electron chi connectivity index (χ4n) is 3.21. The molecule has 2 aromatic rings. The van der Waals surface area contributed by atoms with E-state index in [2.05, 4.69) is 22.3 Å². The van der Waals surface area contributed by atoms with Crippen LogP contribution in [0.4, 0.5) is 10.5 Å². The zero-order valence-electron chi connectivity index (χ0n) is 19.8. The number of furan rings is 1. The van der Waals surface area contributed by atoms with Crippen molar-refractivity contribution in [2.24, 2.45) is 5.92 Å². The minimum Gasteiger partial charge on any atom is -0.461 e. The summed E-state index contributed by atoms with van der Waals surface area (Å²) in [7, 11) is -3.84. The summed E-state index contributed by atoms with van der Waals surface area (Å²) >= 11 is 0. The SMILES string of the molecule is CC1CC1c1ccc(/C=C/C(=O)Nc2cccc(S(=O)(=O)NCCNC(=O)OC(C)(C)C)c2)o1. The average molecular weight is 490 g/mol.